The first kappa shape index (κ1) is 17.7. The summed E-state index contributed by atoms with van der Waals surface area (Å²) in [5.74, 6) is -0.758. The predicted octanol–water partition coefficient (Wildman–Crippen LogP) is 1.63. The minimum Gasteiger partial charge on any atom is -0.400 e. The smallest absolute Gasteiger partial charge is 0.218 e. The van der Waals surface area contributed by atoms with Crippen molar-refractivity contribution in [3.05, 3.63) is 71.3 Å². The van der Waals surface area contributed by atoms with Gasteiger partial charge >= 0.3 is 0 Å². The molecule has 0 aliphatic rings. The molecule has 0 spiro atoms. The summed E-state index contributed by atoms with van der Waals surface area (Å²) in [6, 6.07) is 16.2. The van der Waals surface area contributed by atoms with Gasteiger partial charge in [0.25, 0.3) is 0 Å². The zero-order valence-corrected chi connectivity index (χ0v) is 14.1. The molecule has 0 saturated carbocycles. The molecule has 24 heavy (non-hydrogen) atoms. The minimum atomic E-state index is -4.18. The Balaban J connectivity index is 2.48. The molecule has 0 saturated heterocycles. The van der Waals surface area contributed by atoms with Crippen molar-refractivity contribution in [3.8, 4) is 6.07 Å². The molecule has 2 rings (SSSR count). The van der Waals surface area contributed by atoms with E-state index in [2.05, 4.69) is 0 Å². The number of hydrogen-bond donors (Lipinski definition) is 1. The lowest BCUT2D eigenvalue weighted by Crippen LogP contribution is -2.19. The summed E-state index contributed by atoms with van der Waals surface area (Å²) in [5.41, 5.74) is 5.17. The third-order valence-corrected chi connectivity index (χ3v) is 6.63. The summed E-state index contributed by atoms with van der Waals surface area (Å²) in [7, 11) is -8.03. The van der Waals surface area contributed by atoms with Gasteiger partial charge < -0.3 is 5.73 Å². The Bertz CT molecular complexity index is 1000. The Morgan fingerprint density at radius 3 is 1.79 bits per heavy atom. The summed E-state index contributed by atoms with van der Waals surface area (Å²) in [6.07, 6.45) is 0. The van der Waals surface area contributed by atoms with Gasteiger partial charge in [0.1, 0.15) is 6.07 Å². The first-order valence-electron chi connectivity index (χ1n) is 6.75. The first-order valence-corrected chi connectivity index (χ1v) is 9.89. The highest BCUT2D eigenvalue weighted by Gasteiger charge is 2.26. The van der Waals surface area contributed by atoms with Crippen LogP contribution in [0.3, 0.4) is 0 Å². The molecule has 2 N–H and O–H groups in total. The van der Waals surface area contributed by atoms with Crippen molar-refractivity contribution in [2.24, 2.45) is 5.73 Å². The van der Waals surface area contributed by atoms with Crippen LogP contribution in [0.1, 0.15) is 0 Å². The Hall–Kier alpha value is -2.63. The fourth-order valence-electron chi connectivity index (χ4n) is 2.00. The SMILES string of the molecule is N#CC(=C(N)CS(=O)(=O)c1ccccc1)S(=O)(=O)c1ccccc1. The lowest BCUT2D eigenvalue weighted by Gasteiger charge is -2.08. The molecule has 2 aromatic rings. The number of nitrogens with zero attached hydrogens (tertiary/aromatic N) is 1. The molecule has 2 aromatic carbocycles. The van der Waals surface area contributed by atoms with E-state index in [1.54, 1.807) is 24.3 Å². The summed E-state index contributed by atoms with van der Waals surface area (Å²) in [4.78, 5) is -0.878. The second kappa shape index (κ2) is 6.86. The van der Waals surface area contributed by atoms with Gasteiger partial charge in [-0.2, -0.15) is 5.26 Å². The molecule has 0 aromatic heterocycles. The van der Waals surface area contributed by atoms with E-state index in [1.807, 2.05) is 0 Å². The van der Waals surface area contributed by atoms with E-state index in [-0.39, 0.29) is 9.79 Å². The van der Waals surface area contributed by atoms with E-state index in [1.165, 1.54) is 42.5 Å². The maximum Gasteiger partial charge on any atom is 0.218 e. The van der Waals surface area contributed by atoms with Crippen molar-refractivity contribution in [2.45, 2.75) is 9.79 Å². The van der Waals surface area contributed by atoms with E-state index in [4.69, 9.17) is 5.73 Å². The Morgan fingerprint density at radius 2 is 1.33 bits per heavy atom. The molecule has 0 aliphatic carbocycles. The molecule has 8 heteroatoms. The molecule has 0 fully saturated rings. The van der Waals surface area contributed by atoms with Gasteiger partial charge in [0, 0.05) is 0 Å². The summed E-state index contributed by atoms with van der Waals surface area (Å²) in [6.45, 7) is 0. The molecule has 0 radical (unpaired) electrons. The van der Waals surface area contributed by atoms with Crippen LogP contribution in [0.5, 0.6) is 0 Å². The van der Waals surface area contributed by atoms with Crippen LogP contribution in [-0.2, 0) is 19.7 Å². The van der Waals surface area contributed by atoms with Gasteiger partial charge in [0.2, 0.25) is 9.84 Å². The normalized spacial score (nSPS) is 13.0. The third kappa shape index (κ3) is 3.64. The molecule has 124 valence electrons. The first-order chi connectivity index (χ1) is 11.3. The molecule has 0 atom stereocenters. The van der Waals surface area contributed by atoms with Crippen molar-refractivity contribution in [1.82, 2.24) is 0 Å². The van der Waals surface area contributed by atoms with Crippen molar-refractivity contribution >= 4 is 19.7 Å². The number of hydrogen-bond acceptors (Lipinski definition) is 6. The molecular weight excluding hydrogens is 348 g/mol. The van der Waals surface area contributed by atoms with Crippen LogP contribution >= 0.6 is 0 Å². The summed E-state index contributed by atoms with van der Waals surface area (Å²) >= 11 is 0. The quantitative estimate of drug-likeness (QED) is 0.808. The average Bonchev–Trinajstić information content (AvgIpc) is 2.56. The number of nitriles is 1. The Labute approximate surface area is 140 Å². The van der Waals surface area contributed by atoms with Crippen LogP contribution in [0.4, 0.5) is 0 Å². The second-order valence-corrected chi connectivity index (χ2v) is 8.73. The van der Waals surface area contributed by atoms with Gasteiger partial charge in [-0.05, 0) is 24.3 Å². The third-order valence-electron chi connectivity index (χ3n) is 3.16. The van der Waals surface area contributed by atoms with Crippen molar-refractivity contribution in [1.29, 1.82) is 5.26 Å². The predicted molar refractivity (Wildman–Crippen MR) is 88.9 cm³/mol. The molecule has 0 bridgehead atoms. The lowest BCUT2D eigenvalue weighted by molar-refractivity contribution is 0.598. The molecular formula is C16H14N2O4S2. The van der Waals surface area contributed by atoms with Gasteiger partial charge in [0.15, 0.2) is 14.7 Å². The number of allylic oxidation sites excluding steroid dienone is 1. The number of benzene rings is 2. The number of nitrogens with two attached hydrogens (primary N) is 1. The average molecular weight is 362 g/mol. The zero-order valence-electron chi connectivity index (χ0n) is 12.5. The Kier molecular flexibility index (Phi) is 5.07. The van der Waals surface area contributed by atoms with E-state index < -0.39 is 36.0 Å². The standard InChI is InChI=1S/C16H14N2O4S2/c17-11-16(24(21,22)14-9-5-2-6-10-14)15(18)12-23(19,20)13-7-3-1-4-8-13/h1-10H,12,18H2. The monoisotopic (exact) mass is 362 g/mol. The maximum atomic E-state index is 12.5. The molecule has 0 aliphatic heterocycles. The largest absolute Gasteiger partial charge is 0.400 e. The minimum absolute atomic E-state index is 0.00217. The number of sulfone groups is 2. The van der Waals surface area contributed by atoms with Gasteiger partial charge in [-0.15, -0.1) is 0 Å². The second-order valence-electron chi connectivity index (χ2n) is 4.85. The Morgan fingerprint density at radius 1 is 0.875 bits per heavy atom. The van der Waals surface area contributed by atoms with Crippen molar-refractivity contribution < 1.29 is 16.8 Å². The van der Waals surface area contributed by atoms with E-state index in [0.29, 0.717) is 0 Å². The van der Waals surface area contributed by atoms with Crippen LogP contribution < -0.4 is 5.73 Å². The van der Waals surface area contributed by atoms with Crippen LogP contribution in [0, 0.1) is 11.3 Å². The molecule has 6 nitrogen and oxygen atoms in total. The van der Waals surface area contributed by atoms with Crippen molar-refractivity contribution in [2.75, 3.05) is 5.75 Å². The molecule has 0 unspecified atom stereocenters. The highest BCUT2D eigenvalue weighted by Crippen LogP contribution is 2.21. The van der Waals surface area contributed by atoms with Gasteiger partial charge in [-0.1, -0.05) is 36.4 Å². The van der Waals surface area contributed by atoms with E-state index >= 15 is 0 Å². The van der Waals surface area contributed by atoms with Crippen LogP contribution in [0.2, 0.25) is 0 Å². The number of rotatable bonds is 5. The fraction of sp³-hybridized carbons (Fsp3) is 0.0625. The van der Waals surface area contributed by atoms with E-state index in [0.717, 1.165) is 0 Å². The van der Waals surface area contributed by atoms with Gasteiger partial charge in [-0.3, -0.25) is 0 Å². The summed E-state index contributed by atoms with van der Waals surface area (Å²) < 4.78 is 49.6. The van der Waals surface area contributed by atoms with Gasteiger partial charge in [-0.25, -0.2) is 16.8 Å². The van der Waals surface area contributed by atoms with E-state index in [9.17, 15) is 22.1 Å². The zero-order chi connectivity index (χ0) is 17.8. The highest BCUT2D eigenvalue weighted by atomic mass is 32.2. The highest BCUT2D eigenvalue weighted by molar-refractivity contribution is 7.95. The van der Waals surface area contributed by atoms with Crippen molar-refractivity contribution in [3.63, 3.8) is 0 Å². The lowest BCUT2D eigenvalue weighted by atomic mass is 10.4. The summed E-state index contributed by atoms with van der Waals surface area (Å²) in [5, 5.41) is 9.20. The molecule has 0 heterocycles. The molecule has 0 amide bonds. The van der Waals surface area contributed by atoms with Crippen LogP contribution in [-0.4, -0.2) is 22.6 Å². The maximum absolute atomic E-state index is 12.5. The topological polar surface area (TPSA) is 118 Å². The fourth-order valence-corrected chi connectivity index (χ4v) is 4.68. The van der Waals surface area contributed by atoms with Crippen LogP contribution in [0.25, 0.3) is 0 Å². The van der Waals surface area contributed by atoms with Gasteiger partial charge in [0.05, 0.1) is 21.2 Å². The van der Waals surface area contributed by atoms with Crippen LogP contribution in [0.15, 0.2) is 81.1 Å².